The molecule has 1 aliphatic rings. The number of rotatable bonds is 5. The molecule has 0 unspecified atom stereocenters. The first kappa shape index (κ1) is 31.0. The van der Waals surface area contributed by atoms with Gasteiger partial charge in [0, 0.05) is 44.3 Å². The number of aliphatic imine (C=N–C) groups is 2. The summed E-state index contributed by atoms with van der Waals surface area (Å²) < 4.78 is 2.44. The normalized spacial score (nSPS) is 14.1. The van der Waals surface area contributed by atoms with Crippen molar-refractivity contribution in [2.24, 2.45) is 9.98 Å². The zero-order chi connectivity index (χ0) is 34.4. The van der Waals surface area contributed by atoms with Crippen LogP contribution in [-0.4, -0.2) is 16.1 Å². The third kappa shape index (κ3) is 5.07. The molecule has 0 fully saturated rings. The minimum absolute atomic E-state index is 0.0959. The molecule has 8 rings (SSSR count). The molecule has 1 heterocycles. The molecule has 0 saturated carbocycles. The average molecular weight is 645 g/mol. The summed E-state index contributed by atoms with van der Waals surface area (Å²) >= 11 is 0. The van der Waals surface area contributed by atoms with Gasteiger partial charge in [0.05, 0.1) is 28.4 Å². The average Bonchev–Trinajstić information content (AvgIpc) is 3.62. The van der Waals surface area contributed by atoms with Crippen molar-refractivity contribution in [2.45, 2.75) is 33.1 Å². The molecular formula is C46H36N4. The van der Waals surface area contributed by atoms with Crippen LogP contribution in [0.25, 0.3) is 44.3 Å². The van der Waals surface area contributed by atoms with Crippen molar-refractivity contribution >= 4 is 39.1 Å². The van der Waals surface area contributed by atoms with Gasteiger partial charge < -0.3 is 4.57 Å². The predicted molar refractivity (Wildman–Crippen MR) is 208 cm³/mol. The van der Waals surface area contributed by atoms with Crippen LogP contribution in [-0.2, 0) is 5.41 Å². The number of hydrogen-bond acceptors (Lipinski definition) is 2. The van der Waals surface area contributed by atoms with Gasteiger partial charge in [0.25, 0.3) is 0 Å². The van der Waals surface area contributed by atoms with Crippen LogP contribution in [0, 0.1) is 11.3 Å². The summed E-state index contributed by atoms with van der Waals surface area (Å²) in [5.41, 5.74) is 13.7. The van der Waals surface area contributed by atoms with Gasteiger partial charge in [-0.3, -0.25) is 0 Å². The lowest BCUT2D eigenvalue weighted by molar-refractivity contribution is 0.661. The summed E-state index contributed by atoms with van der Waals surface area (Å²) in [5.74, 6) is 0.609. The molecule has 50 heavy (non-hydrogen) atoms. The van der Waals surface area contributed by atoms with Crippen molar-refractivity contribution in [3.05, 3.63) is 179 Å². The third-order valence-corrected chi connectivity index (χ3v) is 9.99. The molecule has 6 aromatic carbocycles. The Morgan fingerprint density at radius 3 is 2.22 bits per heavy atom. The second kappa shape index (κ2) is 12.3. The van der Waals surface area contributed by atoms with Gasteiger partial charge in [-0.1, -0.05) is 129 Å². The molecular weight excluding hydrogens is 609 g/mol. The van der Waals surface area contributed by atoms with Crippen LogP contribution >= 0.6 is 0 Å². The van der Waals surface area contributed by atoms with Crippen molar-refractivity contribution in [1.82, 2.24) is 4.57 Å². The number of allylic oxidation sites excluding steroid dienone is 1. The Bertz CT molecular complexity index is 2590. The molecule has 0 amide bonds. The number of amidine groups is 1. The third-order valence-electron chi connectivity index (χ3n) is 9.99. The molecule has 0 bridgehead atoms. The Hall–Kier alpha value is -6.31. The molecule has 0 N–H and O–H groups in total. The lowest BCUT2D eigenvalue weighted by atomic mass is 9.82. The molecule has 4 nitrogen and oxygen atoms in total. The van der Waals surface area contributed by atoms with Crippen LogP contribution in [0.3, 0.4) is 0 Å². The monoisotopic (exact) mass is 644 g/mol. The van der Waals surface area contributed by atoms with Gasteiger partial charge >= 0.3 is 0 Å². The van der Waals surface area contributed by atoms with E-state index in [1.54, 1.807) is 6.07 Å². The molecule has 0 aliphatic heterocycles. The van der Waals surface area contributed by atoms with Gasteiger partial charge in [0.2, 0.25) is 0 Å². The maximum atomic E-state index is 9.51. The van der Waals surface area contributed by atoms with Crippen molar-refractivity contribution < 1.29 is 0 Å². The summed E-state index contributed by atoms with van der Waals surface area (Å²) in [6.07, 6.45) is 1.96. The molecule has 1 aliphatic carbocycles. The van der Waals surface area contributed by atoms with Crippen molar-refractivity contribution in [3.63, 3.8) is 0 Å². The second-order valence-electron chi connectivity index (χ2n) is 13.3. The van der Waals surface area contributed by atoms with E-state index in [9.17, 15) is 5.26 Å². The molecule has 7 aromatic rings. The topological polar surface area (TPSA) is 53.4 Å². The minimum Gasteiger partial charge on any atom is -0.309 e. The largest absolute Gasteiger partial charge is 0.309 e. The second-order valence-corrected chi connectivity index (χ2v) is 13.3. The summed E-state index contributed by atoms with van der Waals surface area (Å²) in [4.78, 5) is 10.3. The van der Waals surface area contributed by atoms with E-state index in [2.05, 4.69) is 109 Å². The standard InChI is InChI=1S/C46H36N4/c1-5-41(34-19-13-15-31(27-34)29-47)49-45(32-16-7-6-8-17-32)48-30(2)33-18-14-20-35(28-33)50-42-24-12-10-21-36(42)37-25-26-40-43(44(37)50)38-22-9-11-23-39(38)46(40,3)4/h5-28H,1-4H3/b41-5+,48-30?,49-45?. The molecule has 240 valence electrons. The highest BCUT2D eigenvalue weighted by Gasteiger charge is 2.37. The first-order valence-corrected chi connectivity index (χ1v) is 17.0. The highest BCUT2D eigenvalue weighted by Crippen LogP contribution is 2.52. The van der Waals surface area contributed by atoms with Crippen LogP contribution in [0.1, 0.15) is 61.1 Å². The highest BCUT2D eigenvalue weighted by atomic mass is 15.0. The number of nitrogens with zero attached hydrogens (tertiary/aromatic N) is 4. The molecule has 4 heteroatoms. The van der Waals surface area contributed by atoms with Crippen molar-refractivity contribution in [2.75, 3.05) is 0 Å². The van der Waals surface area contributed by atoms with Crippen LogP contribution < -0.4 is 0 Å². The van der Waals surface area contributed by atoms with Crippen molar-refractivity contribution in [3.8, 4) is 22.9 Å². The zero-order valence-corrected chi connectivity index (χ0v) is 28.6. The van der Waals surface area contributed by atoms with Gasteiger partial charge in [0.1, 0.15) is 0 Å². The minimum atomic E-state index is -0.0959. The Morgan fingerprint density at radius 2 is 1.40 bits per heavy atom. The Labute approximate surface area is 293 Å². The first-order chi connectivity index (χ1) is 24.4. The van der Waals surface area contributed by atoms with Gasteiger partial charge in [-0.25, -0.2) is 9.98 Å². The summed E-state index contributed by atoms with van der Waals surface area (Å²) in [6.45, 7) is 8.68. The van der Waals surface area contributed by atoms with E-state index < -0.39 is 0 Å². The van der Waals surface area contributed by atoms with Gasteiger partial charge in [0.15, 0.2) is 5.84 Å². The van der Waals surface area contributed by atoms with Gasteiger partial charge in [-0.05, 0) is 66.4 Å². The highest BCUT2D eigenvalue weighted by molar-refractivity contribution is 6.16. The van der Waals surface area contributed by atoms with Crippen LogP contribution in [0.2, 0.25) is 0 Å². The Kier molecular flexibility index (Phi) is 7.62. The zero-order valence-electron chi connectivity index (χ0n) is 28.6. The van der Waals surface area contributed by atoms with Gasteiger partial charge in [-0.15, -0.1) is 0 Å². The fourth-order valence-corrected chi connectivity index (χ4v) is 7.50. The number of nitriles is 1. The number of aromatic nitrogens is 1. The quantitative estimate of drug-likeness (QED) is 0.136. The Balaban J connectivity index is 1.30. The van der Waals surface area contributed by atoms with E-state index in [-0.39, 0.29) is 5.41 Å². The fraction of sp³-hybridized carbons (Fsp3) is 0.109. The number of benzene rings is 6. The van der Waals surface area contributed by atoms with Crippen LogP contribution in [0.4, 0.5) is 0 Å². The lowest BCUT2D eigenvalue weighted by Gasteiger charge is -2.21. The predicted octanol–water partition coefficient (Wildman–Crippen LogP) is 11.3. The van der Waals surface area contributed by atoms with Crippen molar-refractivity contribution in [1.29, 1.82) is 5.26 Å². The number of hydrogen-bond donors (Lipinski definition) is 0. The molecule has 0 radical (unpaired) electrons. The van der Waals surface area contributed by atoms with E-state index in [0.717, 1.165) is 33.8 Å². The van der Waals surface area contributed by atoms with E-state index in [1.165, 1.54) is 44.1 Å². The van der Waals surface area contributed by atoms with Crippen LogP contribution in [0.15, 0.2) is 156 Å². The molecule has 0 atom stereocenters. The smallest absolute Gasteiger partial charge is 0.160 e. The summed E-state index contributed by atoms with van der Waals surface area (Å²) in [6, 6.07) is 50.7. The van der Waals surface area contributed by atoms with E-state index in [0.29, 0.717) is 11.4 Å². The SMILES string of the molecule is C/C=C(/N=C(N=C(C)c1cccc(-n2c3ccccc3c3ccc4c(c32)-c2ccccc2C4(C)C)c1)c1ccccc1)c1cccc(C#N)c1. The maximum Gasteiger partial charge on any atom is 0.160 e. The lowest BCUT2D eigenvalue weighted by Crippen LogP contribution is -2.14. The summed E-state index contributed by atoms with van der Waals surface area (Å²) in [5, 5.41) is 12.0. The van der Waals surface area contributed by atoms with E-state index >= 15 is 0 Å². The number of para-hydroxylation sites is 1. The number of fused-ring (bicyclic) bond motifs is 7. The maximum absolute atomic E-state index is 9.51. The molecule has 0 saturated heterocycles. The first-order valence-electron chi connectivity index (χ1n) is 17.0. The van der Waals surface area contributed by atoms with E-state index in [1.807, 2.05) is 68.5 Å². The van der Waals surface area contributed by atoms with E-state index in [4.69, 9.17) is 9.98 Å². The summed E-state index contributed by atoms with van der Waals surface area (Å²) in [7, 11) is 0. The molecule has 1 aromatic heterocycles. The Morgan fingerprint density at radius 1 is 0.680 bits per heavy atom. The van der Waals surface area contributed by atoms with Gasteiger partial charge in [-0.2, -0.15) is 5.26 Å². The fourth-order valence-electron chi connectivity index (χ4n) is 7.50. The van der Waals surface area contributed by atoms with Crippen LogP contribution in [0.5, 0.6) is 0 Å². The molecule has 0 spiro atoms.